The monoisotopic (exact) mass is 344 g/mol. The fraction of sp³-hybridized carbons (Fsp3) is 0.600. The zero-order valence-electron chi connectivity index (χ0n) is 13.5. The van der Waals surface area contributed by atoms with E-state index in [1.165, 1.54) is 4.31 Å². The topological polar surface area (TPSA) is 77.1 Å². The molecule has 1 aromatic rings. The van der Waals surface area contributed by atoms with Crippen LogP contribution in [0.25, 0.3) is 0 Å². The maximum absolute atomic E-state index is 12.7. The van der Waals surface area contributed by atoms with Gasteiger partial charge in [0.2, 0.25) is 0 Å². The van der Waals surface area contributed by atoms with Crippen LogP contribution in [0.3, 0.4) is 0 Å². The summed E-state index contributed by atoms with van der Waals surface area (Å²) < 4.78 is 45.1. The van der Waals surface area contributed by atoms with Gasteiger partial charge in [-0.3, -0.25) is 0 Å². The van der Waals surface area contributed by atoms with E-state index >= 15 is 0 Å². The predicted molar refractivity (Wildman–Crippen MR) is 86.7 cm³/mol. The molecule has 0 saturated heterocycles. The van der Waals surface area contributed by atoms with Crippen molar-refractivity contribution in [3.8, 4) is 5.75 Å². The van der Waals surface area contributed by atoms with Crippen molar-refractivity contribution in [1.29, 1.82) is 0 Å². The van der Waals surface area contributed by atoms with Crippen molar-refractivity contribution in [2.75, 3.05) is 47.1 Å². The molecule has 0 spiro atoms. The van der Waals surface area contributed by atoms with E-state index in [0.29, 0.717) is 26.2 Å². The van der Waals surface area contributed by atoms with E-state index in [1.807, 2.05) is 24.3 Å². The third-order valence-corrected chi connectivity index (χ3v) is 5.31. The van der Waals surface area contributed by atoms with Crippen molar-refractivity contribution in [2.45, 2.75) is 12.5 Å². The van der Waals surface area contributed by atoms with Gasteiger partial charge in [-0.05, 0) is 6.07 Å². The van der Waals surface area contributed by atoms with Crippen LogP contribution in [0, 0.1) is 0 Å². The van der Waals surface area contributed by atoms with E-state index < -0.39 is 10.2 Å². The molecule has 0 amide bonds. The average Bonchev–Trinajstić information content (AvgIpc) is 2.55. The van der Waals surface area contributed by atoms with Gasteiger partial charge >= 0.3 is 0 Å². The van der Waals surface area contributed by atoms with E-state index in [0.717, 1.165) is 11.3 Å². The first-order chi connectivity index (χ1) is 11.1. The van der Waals surface area contributed by atoms with E-state index in [-0.39, 0.29) is 19.1 Å². The van der Waals surface area contributed by atoms with E-state index in [2.05, 4.69) is 4.72 Å². The number of nitrogens with one attached hydrogen (secondary N) is 1. The second kappa shape index (κ2) is 8.60. The number of fused-ring (bicyclic) bond motifs is 1. The van der Waals surface area contributed by atoms with Gasteiger partial charge in [0, 0.05) is 39.3 Å². The standard InChI is InChI=1S/C15H24N2O5S/c1-20-11-8-17(9-12-21-2)23(18,19)16-14-7-10-22-15-6-4-3-5-13(14)15/h3-6,14,16H,7-12H2,1-2H3. The van der Waals surface area contributed by atoms with Gasteiger partial charge in [0.1, 0.15) is 5.75 Å². The van der Waals surface area contributed by atoms with Crippen molar-refractivity contribution in [1.82, 2.24) is 9.03 Å². The Morgan fingerprint density at radius 3 is 2.52 bits per heavy atom. The summed E-state index contributed by atoms with van der Waals surface area (Å²) in [6.07, 6.45) is 0.596. The number of methoxy groups -OCH3 is 2. The van der Waals surface area contributed by atoms with Crippen LogP contribution in [0.5, 0.6) is 5.75 Å². The highest BCUT2D eigenvalue weighted by atomic mass is 32.2. The number of hydrogen-bond acceptors (Lipinski definition) is 5. The zero-order valence-corrected chi connectivity index (χ0v) is 14.3. The normalized spacial score (nSPS) is 17.8. The largest absolute Gasteiger partial charge is 0.493 e. The molecule has 23 heavy (non-hydrogen) atoms. The highest BCUT2D eigenvalue weighted by molar-refractivity contribution is 7.87. The maximum Gasteiger partial charge on any atom is 0.280 e. The molecule has 1 aromatic carbocycles. The molecular formula is C15H24N2O5S. The molecule has 1 unspecified atom stereocenters. The minimum absolute atomic E-state index is 0.278. The van der Waals surface area contributed by atoms with Crippen molar-refractivity contribution < 1.29 is 22.6 Å². The van der Waals surface area contributed by atoms with Gasteiger partial charge in [0.25, 0.3) is 10.2 Å². The first-order valence-electron chi connectivity index (χ1n) is 7.55. The van der Waals surface area contributed by atoms with Gasteiger partial charge < -0.3 is 14.2 Å². The number of hydrogen-bond donors (Lipinski definition) is 1. The van der Waals surface area contributed by atoms with Gasteiger partial charge in [0.15, 0.2) is 0 Å². The Hall–Kier alpha value is -1.19. The lowest BCUT2D eigenvalue weighted by Crippen LogP contribution is -2.45. The lowest BCUT2D eigenvalue weighted by Gasteiger charge is -2.29. The Morgan fingerprint density at radius 2 is 1.87 bits per heavy atom. The SMILES string of the molecule is COCCN(CCOC)S(=O)(=O)NC1CCOc2ccccc21. The van der Waals surface area contributed by atoms with Crippen LogP contribution < -0.4 is 9.46 Å². The second-order valence-electron chi connectivity index (χ2n) is 5.24. The minimum atomic E-state index is -3.64. The molecule has 8 heteroatoms. The molecular weight excluding hydrogens is 320 g/mol. The highest BCUT2D eigenvalue weighted by Crippen LogP contribution is 2.32. The molecule has 1 N–H and O–H groups in total. The minimum Gasteiger partial charge on any atom is -0.493 e. The molecule has 0 bridgehead atoms. The van der Waals surface area contributed by atoms with Crippen LogP contribution in [0.2, 0.25) is 0 Å². The van der Waals surface area contributed by atoms with Crippen molar-refractivity contribution in [2.24, 2.45) is 0 Å². The summed E-state index contributed by atoms with van der Waals surface area (Å²) in [6.45, 7) is 1.70. The first kappa shape index (κ1) is 18.2. The molecule has 1 atom stereocenters. The number of ether oxygens (including phenoxy) is 3. The number of benzene rings is 1. The molecule has 0 fully saturated rings. The van der Waals surface area contributed by atoms with Crippen molar-refractivity contribution in [3.05, 3.63) is 29.8 Å². The smallest absolute Gasteiger partial charge is 0.280 e. The Bertz CT molecular complexity index is 585. The summed E-state index contributed by atoms with van der Waals surface area (Å²) in [4.78, 5) is 0. The van der Waals surface area contributed by atoms with Crippen LogP contribution in [-0.2, 0) is 19.7 Å². The summed E-state index contributed by atoms with van der Waals surface area (Å²) in [7, 11) is -0.552. The van der Waals surface area contributed by atoms with Gasteiger partial charge in [-0.15, -0.1) is 0 Å². The molecule has 1 aliphatic heterocycles. The van der Waals surface area contributed by atoms with Crippen LogP contribution in [0.15, 0.2) is 24.3 Å². The average molecular weight is 344 g/mol. The second-order valence-corrected chi connectivity index (χ2v) is 6.94. The fourth-order valence-corrected chi connectivity index (χ4v) is 3.84. The van der Waals surface area contributed by atoms with Gasteiger partial charge in [0.05, 0.1) is 25.9 Å². The fourth-order valence-electron chi connectivity index (χ4n) is 2.46. The molecule has 0 aliphatic carbocycles. The van der Waals surface area contributed by atoms with Crippen molar-refractivity contribution in [3.63, 3.8) is 0 Å². The number of rotatable bonds is 9. The molecule has 1 aliphatic rings. The zero-order chi connectivity index (χ0) is 16.7. The lowest BCUT2D eigenvalue weighted by atomic mass is 10.0. The Labute approximate surface area is 137 Å². The summed E-state index contributed by atoms with van der Waals surface area (Å²) >= 11 is 0. The van der Waals surface area contributed by atoms with Gasteiger partial charge in [-0.1, -0.05) is 18.2 Å². The van der Waals surface area contributed by atoms with E-state index in [4.69, 9.17) is 14.2 Å². The van der Waals surface area contributed by atoms with Crippen LogP contribution >= 0.6 is 0 Å². The molecule has 0 saturated carbocycles. The Kier molecular flexibility index (Phi) is 6.79. The van der Waals surface area contributed by atoms with Crippen LogP contribution in [0.1, 0.15) is 18.0 Å². The molecule has 0 radical (unpaired) electrons. The highest BCUT2D eigenvalue weighted by Gasteiger charge is 2.29. The predicted octanol–water partition coefficient (Wildman–Crippen LogP) is 0.939. The van der Waals surface area contributed by atoms with Gasteiger partial charge in [-0.2, -0.15) is 17.4 Å². The molecule has 0 aromatic heterocycles. The van der Waals surface area contributed by atoms with Crippen LogP contribution in [0.4, 0.5) is 0 Å². The third kappa shape index (κ3) is 4.89. The molecule has 130 valence electrons. The molecule has 1 heterocycles. The maximum atomic E-state index is 12.7. The summed E-state index contributed by atoms with van der Waals surface area (Å²) in [5.41, 5.74) is 0.862. The Morgan fingerprint density at radius 1 is 1.22 bits per heavy atom. The van der Waals surface area contributed by atoms with Gasteiger partial charge in [-0.25, -0.2) is 0 Å². The number of nitrogens with zero attached hydrogens (tertiary/aromatic N) is 1. The van der Waals surface area contributed by atoms with E-state index in [1.54, 1.807) is 14.2 Å². The summed E-state index contributed by atoms with van der Waals surface area (Å²) in [6, 6.07) is 7.19. The first-order valence-corrected chi connectivity index (χ1v) is 8.99. The summed E-state index contributed by atoms with van der Waals surface area (Å²) in [5.74, 6) is 0.729. The lowest BCUT2D eigenvalue weighted by molar-refractivity contribution is 0.149. The molecule has 7 nitrogen and oxygen atoms in total. The molecule has 2 rings (SSSR count). The quantitative estimate of drug-likeness (QED) is 0.721. The number of para-hydroxylation sites is 1. The van der Waals surface area contributed by atoms with Crippen molar-refractivity contribution >= 4 is 10.2 Å². The van der Waals surface area contributed by atoms with Crippen LogP contribution in [-0.4, -0.2) is 59.9 Å². The van der Waals surface area contributed by atoms with E-state index in [9.17, 15) is 8.42 Å². The Balaban J connectivity index is 2.12. The third-order valence-electron chi connectivity index (χ3n) is 3.68. The summed E-state index contributed by atoms with van der Waals surface area (Å²) in [5, 5.41) is 0.